The number of hydrogen-bond donors (Lipinski definition) is 1. The van der Waals surface area contributed by atoms with Gasteiger partial charge in [-0.1, -0.05) is 32.9 Å². The molecular weight excluding hydrogens is 184 g/mol. The molecule has 0 saturated carbocycles. The van der Waals surface area contributed by atoms with E-state index in [2.05, 4.69) is 49.9 Å². The van der Waals surface area contributed by atoms with Gasteiger partial charge < -0.3 is 5.32 Å². The van der Waals surface area contributed by atoms with Gasteiger partial charge in [-0.05, 0) is 37.5 Å². The van der Waals surface area contributed by atoms with Crippen molar-refractivity contribution in [2.24, 2.45) is 16.8 Å². The number of aliphatic imine (C=N–C) groups is 1. The summed E-state index contributed by atoms with van der Waals surface area (Å²) in [5.74, 6) is 2.25. The van der Waals surface area contributed by atoms with Crippen LogP contribution in [0.25, 0.3) is 0 Å². The fourth-order valence-electron chi connectivity index (χ4n) is 2.28. The van der Waals surface area contributed by atoms with E-state index in [0.29, 0.717) is 17.9 Å². The van der Waals surface area contributed by atoms with Crippen LogP contribution in [0.4, 0.5) is 0 Å². The van der Waals surface area contributed by atoms with E-state index in [4.69, 9.17) is 0 Å². The second kappa shape index (κ2) is 5.15. The van der Waals surface area contributed by atoms with E-state index in [-0.39, 0.29) is 0 Å². The molecule has 0 aromatic carbocycles. The Labute approximate surface area is 93.2 Å². The van der Waals surface area contributed by atoms with E-state index < -0.39 is 0 Å². The van der Waals surface area contributed by atoms with Crippen LogP contribution in [0.5, 0.6) is 0 Å². The molecular formula is C13H22N2. The highest BCUT2D eigenvalue weighted by molar-refractivity contribution is 5.35. The largest absolute Gasteiger partial charge is 0.367 e. The molecule has 0 saturated heterocycles. The zero-order chi connectivity index (χ0) is 11.4. The SMILES string of the molecule is C=NC1=C(/C=C\C)CC(C)C(C(C)C)N1. The van der Waals surface area contributed by atoms with Crippen molar-refractivity contribution in [3.05, 3.63) is 23.5 Å². The lowest BCUT2D eigenvalue weighted by molar-refractivity contribution is 0.298. The normalized spacial score (nSPS) is 27.3. The molecule has 1 heterocycles. The summed E-state index contributed by atoms with van der Waals surface area (Å²) in [4.78, 5) is 4.08. The highest BCUT2D eigenvalue weighted by Gasteiger charge is 2.27. The first-order chi connectivity index (χ1) is 7.10. The van der Waals surface area contributed by atoms with Gasteiger partial charge in [0.2, 0.25) is 0 Å². The van der Waals surface area contributed by atoms with Gasteiger partial charge in [0.25, 0.3) is 0 Å². The smallest absolute Gasteiger partial charge is 0.128 e. The molecule has 1 N–H and O–H groups in total. The summed E-state index contributed by atoms with van der Waals surface area (Å²) in [6, 6.07) is 0.513. The first-order valence-corrected chi connectivity index (χ1v) is 5.69. The van der Waals surface area contributed by atoms with E-state index in [1.54, 1.807) is 0 Å². The van der Waals surface area contributed by atoms with Crippen molar-refractivity contribution in [1.82, 2.24) is 5.32 Å². The van der Waals surface area contributed by atoms with Crippen LogP contribution in [0.3, 0.4) is 0 Å². The zero-order valence-electron chi connectivity index (χ0n) is 10.2. The van der Waals surface area contributed by atoms with Crippen molar-refractivity contribution in [3.8, 4) is 0 Å². The van der Waals surface area contributed by atoms with Crippen LogP contribution < -0.4 is 5.32 Å². The molecule has 1 rings (SSSR count). The number of nitrogens with zero attached hydrogens (tertiary/aromatic N) is 1. The molecule has 0 bridgehead atoms. The molecule has 0 aromatic heterocycles. The molecule has 2 nitrogen and oxygen atoms in total. The van der Waals surface area contributed by atoms with Gasteiger partial charge in [-0.15, -0.1) is 0 Å². The predicted molar refractivity (Wildman–Crippen MR) is 66.9 cm³/mol. The topological polar surface area (TPSA) is 24.4 Å². The maximum atomic E-state index is 4.08. The Morgan fingerprint density at radius 3 is 2.67 bits per heavy atom. The van der Waals surface area contributed by atoms with Crippen LogP contribution in [0.1, 0.15) is 34.1 Å². The van der Waals surface area contributed by atoms with Crippen LogP contribution in [0.2, 0.25) is 0 Å². The van der Waals surface area contributed by atoms with Crippen molar-refractivity contribution in [3.63, 3.8) is 0 Å². The highest BCUT2D eigenvalue weighted by Crippen LogP contribution is 2.28. The molecule has 0 radical (unpaired) electrons. The summed E-state index contributed by atoms with van der Waals surface area (Å²) < 4.78 is 0. The first kappa shape index (κ1) is 12.0. The van der Waals surface area contributed by atoms with Crippen LogP contribution >= 0.6 is 0 Å². The lowest BCUT2D eigenvalue weighted by atomic mass is 9.84. The van der Waals surface area contributed by atoms with Crippen LogP contribution in [-0.2, 0) is 0 Å². The summed E-state index contributed by atoms with van der Waals surface area (Å²) in [7, 11) is 0. The Kier molecular flexibility index (Phi) is 4.13. The standard InChI is InChI=1S/C13H22N2/c1-6-7-11-8-10(4)12(9(2)3)15-13(11)14-5/h6-7,9-10,12,15H,5,8H2,1-4H3/b7-6-. The molecule has 0 aromatic rings. The predicted octanol–water partition coefficient (Wildman–Crippen LogP) is 3.13. The van der Waals surface area contributed by atoms with E-state index in [1.165, 1.54) is 5.57 Å². The van der Waals surface area contributed by atoms with Gasteiger partial charge in [0.15, 0.2) is 0 Å². The van der Waals surface area contributed by atoms with Crippen molar-refractivity contribution < 1.29 is 0 Å². The summed E-state index contributed by atoms with van der Waals surface area (Å²) in [5, 5.41) is 3.49. The van der Waals surface area contributed by atoms with Crippen molar-refractivity contribution in [2.75, 3.05) is 0 Å². The van der Waals surface area contributed by atoms with Gasteiger partial charge in [0, 0.05) is 6.04 Å². The maximum absolute atomic E-state index is 4.08. The minimum Gasteiger partial charge on any atom is -0.367 e. The van der Waals surface area contributed by atoms with Crippen LogP contribution in [-0.4, -0.2) is 12.8 Å². The Morgan fingerprint density at radius 2 is 2.20 bits per heavy atom. The third-order valence-corrected chi connectivity index (χ3v) is 3.01. The van der Waals surface area contributed by atoms with Crippen LogP contribution in [0, 0.1) is 11.8 Å². The quantitative estimate of drug-likeness (QED) is 0.705. The molecule has 1 aliphatic rings. The Morgan fingerprint density at radius 1 is 1.53 bits per heavy atom. The number of allylic oxidation sites excluding steroid dienone is 3. The highest BCUT2D eigenvalue weighted by atomic mass is 15.1. The summed E-state index contributed by atoms with van der Waals surface area (Å²) in [5.41, 5.74) is 1.27. The molecule has 84 valence electrons. The third-order valence-electron chi connectivity index (χ3n) is 3.01. The third kappa shape index (κ3) is 2.71. The second-order valence-electron chi connectivity index (χ2n) is 4.63. The maximum Gasteiger partial charge on any atom is 0.128 e. The minimum atomic E-state index is 0.513. The Bertz CT molecular complexity index is 287. The van der Waals surface area contributed by atoms with Crippen LogP contribution in [0.15, 0.2) is 28.5 Å². The van der Waals surface area contributed by atoms with E-state index in [0.717, 1.165) is 12.2 Å². The van der Waals surface area contributed by atoms with Gasteiger partial charge in [-0.3, -0.25) is 0 Å². The molecule has 2 heteroatoms. The summed E-state index contributed by atoms with van der Waals surface area (Å²) in [6.07, 6.45) is 5.28. The molecule has 2 unspecified atom stereocenters. The Hall–Kier alpha value is -1.05. The van der Waals surface area contributed by atoms with Gasteiger partial charge >= 0.3 is 0 Å². The van der Waals surface area contributed by atoms with Crippen molar-refractivity contribution >= 4 is 6.72 Å². The number of rotatable bonds is 3. The van der Waals surface area contributed by atoms with Crippen molar-refractivity contribution in [2.45, 2.75) is 40.2 Å². The average Bonchev–Trinajstić information content (AvgIpc) is 2.18. The lowest BCUT2D eigenvalue weighted by Gasteiger charge is -2.34. The first-order valence-electron chi connectivity index (χ1n) is 5.69. The molecule has 0 amide bonds. The molecule has 0 aliphatic carbocycles. The van der Waals surface area contributed by atoms with E-state index in [9.17, 15) is 0 Å². The number of hydrogen-bond acceptors (Lipinski definition) is 2. The van der Waals surface area contributed by atoms with Crippen molar-refractivity contribution in [1.29, 1.82) is 0 Å². The number of nitrogens with one attached hydrogen (secondary N) is 1. The van der Waals surface area contributed by atoms with Gasteiger partial charge in [0.05, 0.1) is 0 Å². The molecule has 2 atom stereocenters. The molecule has 1 aliphatic heterocycles. The zero-order valence-corrected chi connectivity index (χ0v) is 10.2. The summed E-state index contributed by atoms with van der Waals surface area (Å²) >= 11 is 0. The lowest BCUT2D eigenvalue weighted by Crippen LogP contribution is -2.42. The Balaban J connectivity index is 2.93. The van der Waals surface area contributed by atoms with E-state index >= 15 is 0 Å². The fourth-order valence-corrected chi connectivity index (χ4v) is 2.28. The van der Waals surface area contributed by atoms with E-state index in [1.807, 2.05) is 6.92 Å². The minimum absolute atomic E-state index is 0.513. The molecule has 0 fully saturated rings. The van der Waals surface area contributed by atoms with Gasteiger partial charge in [-0.2, -0.15) is 0 Å². The summed E-state index contributed by atoms with van der Waals surface area (Å²) in [6.45, 7) is 12.4. The van der Waals surface area contributed by atoms with Gasteiger partial charge in [0.1, 0.15) is 5.82 Å². The average molecular weight is 206 g/mol. The molecule has 0 spiro atoms. The van der Waals surface area contributed by atoms with Gasteiger partial charge in [-0.25, -0.2) is 4.99 Å². The molecule has 15 heavy (non-hydrogen) atoms. The second-order valence-corrected chi connectivity index (χ2v) is 4.63. The monoisotopic (exact) mass is 206 g/mol. The fraction of sp³-hybridized carbons (Fsp3) is 0.615.